The molecule has 1 aliphatic rings. The number of carbonyl (C=O) groups excluding carboxylic acids is 1. The van der Waals surface area contributed by atoms with Crippen molar-refractivity contribution in [1.29, 1.82) is 0 Å². The van der Waals surface area contributed by atoms with E-state index >= 15 is 0 Å². The maximum absolute atomic E-state index is 12.2. The number of rotatable bonds is 4. The second-order valence-corrected chi connectivity index (χ2v) is 5.58. The third kappa shape index (κ3) is 3.17. The van der Waals surface area contributed by atoms with Crippen molar-refractivity contribution in [1.82, 2.24) is 20.1 Å². The number of benzene rings is 1. The van der Waals surface area contributed by atoms with Crippen LogP contribution in [-0.2, 0) is 26.1 Å². The van der Waals surface area contributed by atoms with Gasteiger partial charge in [0.2, 0.25) is 0 Å². The van der Waals surface area contributed by atoms with Crippen LogP contribution in [0.2, 0.25) is 0 Å². The Bertz CT molecular complexity index is 647. The molecule has 1 aromatic heterocycles. The van der Waals surface area contributed by atoms with E-state index in [1.165, 1.54) is 6.42 Å². The van der Waals surface area contributed by atoms with E-state index in [1.54, 1.807) is 12.1 Å². The van der Waals surface area contributed by atoms with Crippen molar-refractivity contribution in [2.24, 2.45) is 5.73 Å². The van der Waals surface area contributed by atoms with E-state index in [9.17, 15) is 4.79 Å². The Morgan fingerprint density at radius 2 is 2.00 bits per heavy atom. The number of nitrogens with two attached hydrogens (primary N) is 1. The third-order valence-corrected chi connectivity index (χ3v) is 4.04. The summed E-state index contributed by atoms with van der Waals surface area (Å²) in [7, 11) is 0. The molecule has 0 aliphatic carbocycles. The van der Waals surface area contributed by atoms with E-state index in [0.717, 1.165) is 43.0 Å². The van der Waals surface area contributed by atoms with Gasteiger partial charge >= 0.3 is 0 Å². The molecule has 3 N–H and O–H groups in total. The summed E-state index contributed by atoms with van der Waals surface area (Å²) < 4.78 is 2.14. The van der Waals surface area contributed by atoms with Crippen LogP contribution in [0.3, 0.4) is 0 Å². The van der Waals surface area contributed by atoms with E-state index in [2.05, 4.69) is 20.1 Å². The predicted molar refractivity (Wildman–Crippen MR) is 83.1 cm³/mol. The molecule has 1 aliphatic heterocycles. The molecule has 0 saturated heterocycles. The van der Waals surface area contributed by atoms with Crippen LogP contribution in [0.4, 0.5) is 0 Å². The smallest absolute Gasteiger partial charge is 0.251 e. The largest absolute Gasteiger partial charge is 0.345 e. The van der Waals surface area contributed by atoms with E-state index < -0.39 is 0 Å². The molecule has 0 unspecified atom stereocenters. The second kappa shape index (κ2) is 6.70. The number of hydrogen-bond acceptors (Lipinski definition) is 4. The molecule has 0 spiro atoms. The van der Waals surface area contributed by atoms with Gasteiger partial charge in [0.05, 0.1) is 6.54 Å². The summed E-state index contributed by atoms with van der Waals surface area (Å²) in [6.07, 6.45) is 4.51. The average molecular weight is 299 g/mol. The van der Waals surface area contributed by atoms with Gasteiger partial charge in [-0.1, -0.05) is 18.6 Å². The summed E-state index contributed by atoms with van der Waals surface area (Å²) in [5.41, 5.74) is 7.20. The molecular weight excluding hydrogens is 278 g/mol. The molecule has 0 bridgehead atoms. The van der Waals surface area contributed by atoms with Gasteiger partial charge in [-0.25, -0.2) is 0 Å². The first-order valence-electron chi connectivity index (χ1n) is 7.76. The number of nitrogens with zero attached hydrogens (tertiary/aromatic N) is 3. The first-order valence-corrected chi connectivity index (χ1v) is 7.76. The topological polar surface area (TPSA) is 85.8 Å². The van der Waals surface area contributed by atoms with Gasteiger partial charge in [-0.3, -0.25) is 4.79 Å². The Morgan fingerprint density at radius 1 is 1.18 bits per heavy atom. The number of fused-ring (bicyclic) bond motifs is 1. The van der Waals surface area contributed by atoms with Gasteiger partial charge in [0.15, 0.2) is 5.82 Å². The lowest BCUT2D eigenvalue weighted by Gasteiger charge is -2.08. The summed E-state index contributed by atoms with van der Waals surface area (Å²) in [6.45, 7) is 1.83. The van der Waals surface area contributed by atoms with E-state index in [4.69, 9.17) is 5.73 Å². The Hall–Kier alpha value is -2.21. The Morgan fingerprint density at radius 3 is 2.77 bits per heavy atom. The van der Waals surface area contributed by atoms with Gasteiger partial charge in [0.25, 0.3) is 5.91 Å². The quantitative estimate of drug-likeness (QED) is 0.893. The van der Waals surface area contributed by atoms with E-state index in [1.807, 2.05) is 12.1 Å². The van der Waals surface area contributed by atoms with Crippen LogP contribution in [0.5, 0.6) is 0 Å². The van der Waals surface area contributed by atoms with Crippen molar-refractivity contribution >= 4 is 5.91 Å². The molecule has 1 aromatic carbocycles. The molecule has 2 aromatic rings. The fraction of sp³-hybridized carbons (Fsp3) is 0.438. The standard InChI is InChI=1S/C16H21N5O/c17-10-12-5-7-13(8-6-12)16(22)18-11-15-20-19-14-4-2-1-3-9-21(14)15/h5-8H,1-4,9-11,17H2,(H,18,22). The third-order valence-electron chi connectivity index (χ3n) is 4.04. The lowest BCUT2D eigenvalue weighted by molar-refractivity contribution is 0.0949. The highest BCUT2D eigenvalue weighted by Crippen LogP contribution is 2.14. The van der Waals surface area contributed by atoms with Crippen LogP contribution < -0.4 is 11.1 Å². The Labute approximate surface area is 129 Å². The molecule has 6 heteroatoms. The number of hydrogen-bond donors (Lipinski definition) is 2. The number of nitrogens with one attached hydrogen (secondary N) is 1. The maximum atomic E-state index is 12.2. The molecular formula is C16H21N5O. The van der Waals surface area contributed by atoms with Crippen molar-refractivity contribution in [3.8, 4) is 0 Å². The van der Waals surface area contributed by atoms with Crippen LogP contribution in [0.25, 0.3) is 0 Å². The van der Waals surface area contributed by atoms with Gasteiger partial charge in [-0.05, 0) is 30.5 Å². The zero-order chi connectivity index (χ0) is 15.4. The molecule has 1 amide bonds. The number of carbonyl (C=O) groups is 1. The van der Waals surface area contributed by atoms with Crippen molar-refractivity contribution in [2.45, 2.75) is 45.3 Å². The van der Waals surface area contributed by atoms with Crippen LogP contribution in [0, 0.1) is 0 Å². The van der Waals surface area contributed by atoms with Gasteiger partial charge in [-0.2, -0.15) is 0 Å². The highest BCUT2D eigenvalue weighted by atomic mass is 16.1. The summed E-state index contributed by atoms with van der Waals surface area (Å²) >= 11 is 0. The molecule has 116 valence electrons. The fourth-order valence-corrected chi connectivity index (χ4v) is 2.73. The van der Waals surface area contributed by atoms with Gasteiger partial charge in [0, 0.05) is 25.1 Å². The van der Waals surface area contributed by atoms with Crippen LogP contribution in [0.15, 0.2) is 24.3 Å². The first-order chi connectivity index (χ1) is 10.8. The SMILES string of the molecule is NCc1ccc(C(=O)NCc2nnc3n2CCCCC3)cc1. The van der Waals surface area contributed by atoms with Crippen molar-refractivity contribution in [3.05, 3.63) is 47.0 Å². The summed E-state index contributed by atoms with van der Waals surface area (Å²) in [5, 5.41) is 11.4. The Kier molecular flexibility index (Phi) is 4.48. The number of aryl methyl sites for hydroxylation is 1. The van der Waals surface area contributed by atoms with Gasteiger partial charge in [-0.15, -0.1) is 10.2 Å². The van der Waals surface area contributed by atoms with Crippen LogP contribution in [0.1, 0.15) is 46.8 Å². The van der Waals surface area contributed by atoms with E-state index in [0.29, 0.717) is 18.7 Å². The molecule has 6 nitrogen and oxygen atoms in total. The molecule has 0 fully saturated rings. The van der Waals surface area contributed by atoms with Crippen molar-refractivity contribution < 1.29 is 4.79 Å². The van der Waals surface area contributed by atoms with Crippen molar-refractivity contribution in [2.75, 3.05) is 0 Å². The maximum Gasteiger partial charge on any atom is 0.251 e. The Balaban J connectivity index is 1.64. The van der Waals surface area contributed by atoms with Gasteiger partial charge in [0.1, 0.15) is 5.82 Å². The molecule has 0 atom stereocenters. The highest BCUT2D eigenvalue weighted by Gasteiger charge is 2.15. The lowest BCUT2D eigenvalue weighted by Crippen LogP contribution is -2.25. The normalized spacial score (nSPS) is 14.2. The molecule has 22 heavy (non-hydrogen) atoms. The zero-order valence-electron chi connectivity index (χ0n) is 12.6. The molecule has 0 radical (unpaired) electrons. The number of amides is 1. The monoisotopic (exact) mass is 299 g/mol. The molecule has 0 saturated carbocycles. The molecule has 2 heterocycles. The minimum absolute atomic E-state index is 0.102. The first kappa shape index (κ1) is 14.7. The molecule has 3 rings (SSSR count). The zero-order valence-corrected chi connectivity index (χ0v) is 12.6. The summed E-state index contributed by atoms with van der Waals surface area (Å²) in [6, 6.07) is 7.33. The second-order valence-electron chi connectivity index (χ2n) is 5.58. The predicted octanol–water partition coefficient (Wildman–Crippen LogP) is 1.39. The average Bonchev–Trinajstić information content (AvgIpc) is 2.79. The van der Waals surface area contributed by atoms with Crippen LogP contribution >= 0.6 is 0 Å². The van der Waals surface area contributed by atoms with E-state index in [-0.39, 0.29) is 5.91 Å². The van der Waals surface area contributed by atoms with Gasteiger partial charge < -0.3 is 15.6 Å². The van der Waals surface area contributed by atoms with Crippen molar-refractivity contribution in [3.63, 3.8) is 0 Å². The minimum Gasteiger partial charge on any atom is -0.345 e. The summed E-state index contributed by atoms with van der Waals surface area (Å²) in [4.78, 5) is 12.2. The number of aromatic nitrogens is 3. The minimum atomic E-state index is -0.102. The fourth-order valence-electron chi connectivity index (χ4n) is 2.73. The lowest BCUT2D eigenvalue weighted by atomic mass is 10.1. The highest BCUT2D eigenvalue weighted by molar-refractivity contribution is 5.94. The summed E-state index contributed by atoms with van der Waals surface area (Å²) in [5.74, 6) is 1.77. The van der Waals surface area contributed by atoms with Crippen LogP contribution in [-0.4, -0.2) is 20.7 Å².